The van der Waals surface area contributed by atoms with Crippen molar-refractivity contribution in [3.05, 3.63) is 29.3 Å². The highest BCUT2D eigenvalue weighted by molar-refractivity contribution is 6.34. The summed E-state index contributed by atoms with van der Waals surface area (Å²) in [5, 5.41) is -0.688. The second-order valence-electron chi connectivity index (χ2n) is 10.9. The van der Waals surface area contributed by atoms with Gasteiger partial charge in [0.05, 0.1) is 38.7 Å². The maximum absolute atomic E-state index is 13.8. The van der Waals surface area contributed by atoms with E-state index in [0.717, 1.165) is 30.9 Å². The molecule has 1 aromatic rings. The van der Waals surface area contributed by atoms with Crippen LogP contribution in [0.15, 0.2) is 23.8 Å². The quantitative estimate of drug-likeness (QED) is 0.506. The number of carbonyl (C=O) groups is 1. The summed E-state index contributed by atoms with van der Waals surface area (Å²) < 4.78 is 17.7. The Hall–Kier alpha value is -1.76. The van der Waals surface area contributed by atoms with E-state index >= 15 is 0 Å². The van der Waals surface area contributed by atoms with Crippen molar-refractivity contribution in [2.24, 2.45) is 17.3 Å². The number of hydrogen-bond donors (Lipinski definition) is 0. The lowest BCUT2D eigenvalue weighted by Crippen LogP contribution is -2.76. The molecular weight excluding hydrogens is 428 g/mol. The van der Waals surface area contributed by atoms with Gasteiger partial charge >= 0.3 is 0 Å². The molecule has 4 fully saturated rings. The normalized spacial score (nSPS) is 42.3. The van der Waals surface area contributed by atoms with Gasteiger partial charge < -0.3 is 19.1 Å². The van der Waals surface area contributed by atoms with E-state index in [0.29, 0.717) is 24.3 Å². The molecule has 0 radical (unpaired) electrons. The first-order chi connectivity index (χ1) is 15.4. The lowest BCUT2D eigenvalue weighted by atomic mass is 9.45. The van der Waals surface area contributed by atoms with Crippen LogP contribution >= 0.6 is 11.6 Å². The number of amides is 1. The Balaban J connectivity index is 1.58. The number of benzene rings is 1. The zero-order valence-electron chi connectivity index (χ0n) is 18.9. The Labute approximate surface area is 193 Å². The van der Waals surface area contributed by atoms with Crippen LogP contribution in [0.2, 0.25) is 0 Å². The Morgan fingerprint density at radius 1 is 1.19 bits per heavy atom. The predicted molar refractivity (Wildman–Crippen MR) is 121 cm³/mol. The summed E-state index contributed by atoms with van der Waals surface area (Å²) in [5.41, 5.74) is 3.50. The molecule has 1 spiro atoms. The highest BCUT2D eigenvalue weighted by Crippen LogP contribution is 2.71. The average Bonchev–Trinajstić information content (AvgIpc) is 3.21. The van der Waals surface area contributed by atoms with E-state index in [1.807, 2.05) is 11.0 Å². The molecule has 7 heteroatoms. The van der Waals surface area contributed by atoms with Crippen molar-refractivity contribution >= 4 is 23.2 Å². The summed E-state index contributed by atoms with van der Waals surface area (Å²) in [6.45, 7) is 7.41. The molecule has 170 valence electrons. The smallest absolute Gasteiger partial charge is 0.248 e. The minimum Gasteiger partial charge on any atom is -0.493 e. The Bertz CT molecular complexity index is 1090. The van der Waals surface area contributed by atoms with Crippen molar-refractivity contribution < 1.29 is 19.0 Å². The van der Waals surface area contributed by atoms with Gasteiger partial charge in [-0.05, 0) is 35.9 Å². The molecule has 1 amide bonds. The van der Waals surface area contributed by atoms with Crippen LogP contribution in [0.5, 0.6) is 11.5 Å². The zero-order chi connectivity index (χ0) is 22.2. The van der Waals surface area contributed by atoms with Crippen LogP contribution in [-0.2, 0) is 14.9 Å². The van der Waals surface area contributed by atoms with E-state index in [-0.39, 0.29) is 34.8 Å². The molecule has 32 heavy (non-hydrogen) atoms. The van der Waals surface area contributed by atoms with Crippen LogP contribution in [0.4, 0.5) is 5.69 Å². The molecule has 5 aliphatic heterocycles. The number of carbonyl (C=O) groups excluding carboxylic acids is 1. The number of alkyl halides is 1. The van der Waals surface area contributed by atoms with Crippen molar-refractivity contribution in [3.63, 3.8) is 0 Å². The first-order valence-corrected chi connectivity index (χ1v) is 12.1. The first kappa shape index (κ1) is 19.7. The number of fused-ring (bicyclic) bond motifs is 2. The van der Waals surface area contributed by atoms with Gasteiger partial charge in [0.1, 0.15) is 5.38 Å². The molecule has 5 heterocycles. The molecule has 6 nitrogen and oxygen atoms in total. The number of methoxy groups -OCH3 is 2. The molecule has 0 N–H and O–H groups in total. The molecule has 3 saturated heterocycles. The van der Waals surface area contributed by atoms with Crippen LogP contribution in [0.1, 0.15) is 25.8 Å². The van der Waals surface area contributed by atoms with Gasteiger partial charge in [0.15, 0.2) is 11.5 Å². The van der Waals surface area contributed by atoms with Crippen molar-refractivity contribution in [2.45, 2.75) is 49.2 Å². The summed E-state index contributed by atoms with van der Waals surface area (Å²) in [5.74, 6) is 1.85. The molecule has 6 aliphatic rings. The first-order valence-electron chi connectivity index (χ1n) is 11.6. The van der Waals surface area contributed by atoms with Gasteiger partial charge in [-0.3, -0.25) is 9.69 Å². The molecule has 1 saturated carbocycles. The SMILES string of the molecule is COc1cc2c(cc1OC)[C@@]13CCN4CC5=CCO[C@H]6C(Cl)C(=O)N2[C@H]1[C@H]6[C@H]5C(C)(C)[C@H]43. The largest absolute Gasteiger partial charge is 0.493 e. The topological polar surface area (TPSA) is 51.2 Å². The lowest BCUT2D eigenvalue weighted by Gasteiger charge is -2.66. The molecule has 1 aliphatic carbocycles. The zero-order valence-corrected chi connectivity index (χ0v) is 19.7. The van der Waals surface area contributed by atoms with Crippen molar-refractivity contribution in [1.29, 1.82) is 0 Å². The molecule has 1 aromatic carbocycles. The van der Waals surface area contributed by atoms with E-state index in [1.54, 1.807) is 14.2 Å². The van der Waals surface area contributed by atoms with Gasteiger partial charge in [0.25, 0.3) is 0 Å². The fourth-order valence-corrected chi connectivity index (χ4v) is 9.31. The third kappa shape index (κ3) is 1.93. The van der Waals surface area contributed by atoms with E-state index < -0.39 is 5.38 Å². The number of halogens is 1. The number of rotatable bonds is 2. The number of piperidine rings is 2. The van der Waals surface area contributed by atoms with Crippen molar-refractivity contribution in [3.8, 4) is 11.5 Å². The number of ether oxygens (including phenoxy) is 3. The summed E-state index contributed by atoms with van der Waals surface area (Å²) in [6.07, 6.45) is 3.03. The highest BCUT2D eigenvalue weighted by Gasteiger charge is 2.76. The molecule has 2 bridgehead atoms. The summed E-state index contributed by atoms with van der Waals surface area (Å²) >= 11 is 6.90. The Kier molecular flexibility index (Phi) is 3.70. The Morgan fingerprint density at radius 3 is 2.69 bits per heavy atom. The monoisotopic (exact) mass is 456 g/mol. The molecule has 1 unspecified atom stereocenters. The Morgan fingerprint density at radius 2 is 1.94 bits per heavy atom. The van der Waals surface area contributed by atoms with Crippen LogP contribution in [0.3, 0.4) is 0 Å². The van der Waals surface area contributed by atoms with Crippen molar-refractivity contribution in [2.75, 3.05) is 38.8 Å². The number of anilines is 1. The van der Waals surface area contributed by atoms with Gasteiger partial charge in [0.2, 0.25) is 5.91 Å². The summed E-state index contributed by atoms with van der Waals surface area (Å²) in [7, 11) is 3.32. The molecule has 0 aromatic heterocycles. The number of nitrogens with zero attached hydrogens (tertiary/aromatic N) is 2. The van der Waals surface area contributed by atoms with Gasteiger partial charge in [-0.2, -0.15) is 0 Å². The van der Waals surface area contributed by atoms with Crippen LogP contribution in [0, 0.1) is 17.3 Å². The minimum atomic E-state index is -0.688. The van der Waals surface area contributed by atoms with Gasteiger partial charge in [-0.25, -0.2) is 0 Å². The highest BCUT2D eigenvalue weighted by atomic mass is 35.5. The van der Waals surface area contributed by atoms with E-state index in [9.17, 15) is 4.79 Å². The maximum Gasteiger partial charge on any atom is 0.248 e. The predicted octanol–water partition coefficient (Wildman–Crippen LogP) is 2.96. The van der Waals surface area contributed by atoms with Crippen molar-refractivity contribution in [1.82, 2.24) is 4.90 Å². The van der Waals surface area contributed by atoms with Gasteiger partial charge in [0, 0.05) is 30.0 Å². The summed E-state index contributed by atoms with van der Waals surface area (Å²) in [4.78, 5) is 18.5. The van der Waals surface area contributed by atoms with Crippen LogP contribution in [0.25, 0.3) is 0 Å². The summed E-state index contributed by atoms with van der Waals surface area (Å²) in [6, 6.07) is 4.52. The van der Waals surface area contributed by atoms with Gasteiger partial charge in [-0.15, -0.1) is 11.6 Å². The van der Waals surface area contributed by atoms with E-state index in [4.69, 9.17) is 25.8 Å². The second kappa shape index (κ2) is 6.02. The molecule has 7 atom stereocenters. The lowest BCUT2D eigenvalue weighted by molar-refractivity contribution is -0.142. The molecule has 7 rings (SSSR count). The van der Waals surface area contributed by atoms with Crippen LogP contribution < -0.4 is 14.4 Å². The van der Waals surface area contributed by atoms with Crippen LogP contribution in [-0.4, -0.2) is 68.3 Å². The minimum absolute atomic E-state index is 0.0329. The third-order valence-corrected chi connectivity index (χ3v) is 9.99. The van der Waals surface area contributed by atoms with Gasteiger partial charge in [-0.1, -0.05) is 25.5 Å². The second-order valence-corrected chi connectivity index (χ2v) is 11.4. The third-order valence-electron chi connectivity index (χ3n) is 9.55. The van der Waals surface area contributed by atoms with E-state index in [2.05, 4.69) is 30.9 Å². The number of hydrogen-bond acceptors (Lipinski definition) is 5. The van der Waals surface area contributed by atoms with E-state index in [1.165, 1.54) is 11.1 Å². The fraction of sp³-hybridized carbons (Fsp3) is 0.640. The fourth-order valence-electron chi connectivity index (χ4n) is 8.97. The standard InChI is InChI=1S/C25H29ClN2O4/c1-24(2)18-12-5-8-32-20-17(18)21-25(6-7-27(11-12)23(24)25)13-9-15(30-3)16(31-4)10-14(13)28(21)22(29)19(20)26/h5,9-10,17-21,23H,6-8,11H2,1-4H3/t17-,18-,19?,20+,21-,23-,25-/m0/s1. The molecular formula is C25H29ClN2O4. The maximum atomic E-state index is 13.8. The average molecular weight is 457 g/mol.